The molecule has 1 unspecified atom stereocenters. The first-order valence-electron chi connectivity index (χ1n) is 5.85. The monoisotopic (exact) mass is 305 g/mol. The second kappa shape index (κ2) is 5.94. The summed E-state index contributed by atoms with van der Waals surface area (Å²) >= 11 is 0. The van der Waals surface area contributed by atoms with E-state index in [9.17, 15) is 21.6 Å². The van der Waals surface area contributed by atoms with E-state index in [0.717, 1.165) is 0 Å². The number of hydrogen-bond acceptors (Lipinski definition) is 4. The normalized spacial score (nSPS) is 23.7. The van der Waals surface area contributed by atoms with Gasteiger partial charge in [0.05, 0.1) is 18.5 Å². The summed E-state index contributed by atoms with van der Waals surface area (Å²) in [7, 11) is -3.71. The van der Waals surface area contributed by atoms with Crippen LogP contribution in [0.15, 0.2) is 0 Å². The van der Waals surface area contributed by atoms with Crippen LogP contribution in [0.25, 0.3) is 0 Å². The second-order valence-electron chi connectivity index (χ2n) is 4.84. The van der Waals surface area contributed by atoms with Crippen LogP contribution >= 0.6 is 0 Å². The van der Waals surface area contributed by atoms with Gasteiger partial charge in [0.1, 0.15) is 0 Å². The van der Waals surface area contributed by atoms with Crippen LogP contribution in [-0.4, -0.2) is 45.4 Å². The van der Waals surface area contributed by atoms with E-state index >= 15 is 0 Å². The smallest absolute Gasteiger partial charge is 0.348 e. The molecule has 0 aliphatic carbocycles. The highest BCUT2D eigenvalue weighted by Crippen LogP contribution is 2.22. The fourth-order valence-corrected chi connectivity index (χ4v) is 2.73. The molecule has 1 rings (SSSR count). The first-order chi connectivity index (χ1) is 8.49. The predicted octanol–water partition coefficient (Wildman–Crippen LogP) is 1.40. The van der Waals surface area contributed by atoms with Crippen LogP contribution in [0.4, 0.5) is 13.2 Å². The van der Waals surface area contributed by atoms with Crippen LogP contribution in [-0.2, 0) is 19.5 Å². The molecule has 0 aromatic carbocycles. The maximum absolute atomic E-state index is 11.9. The molecule has 5 nitrogen and oxygen atoms in total. The van der Waals surface area contributed by atoms with Gasteiger partial charge in [0, 0.05) is 13.0 Å². The molecule has 0 spiro atoms. The Morgan fingerprint density at radius 2 is 2.00 bits per heavy atom. The molecule has 1 saturated heterocycles. The summed E-state index contributed by atoms with van der Waals surface area (Å²) in [6, 6.07) is 0. The Hall–Kier alpha value is -0.380. The molecule has 1 aliphatic heterocycles. The maximum atomic E-state index is 11.9. The number of sulfonamides is 1. The molecule has 0 amide bonds. The lowest BCUT2D eigenvalue weighted by Gasteiger charge is -2.17. The van der Waals surface area contributed by atoms with Crippen LogP contribution in [0, 0.1) is 0 Å². The fourth-order valence-electron chi connectivity index (χ4n) is 1.62. The Morgan fingerprint density at radius 3 is 2.47 bits per heavy atom. The number of halogens is 3. The molecular formula is C10H18F3NO4S. The Labute approximate surface area is 110 Å². The van der Waals surface area contributed by atoms with Crippen LogP contribution in [0.5, 0.6) is 0 Å². The Morgan fingerprint density at radius 1 is 1.37 bits per heavy atom. The summed E-state index contributed by atoms with van der Waals surface area (Å²) in [6.07, 6.45) is -6.31. The van der Waals surface area contributed by atoms with E-state index in [-0.39, 0.29) is 13.2 Å². The molecule has 9 heteroatoms. The van der Waals surface area contributed by atoms with E-state index in [0.29, 0.717) is 0 Å². The van der Waals surface area contributed by atoms with E-state index in [1.165, 1.54) is 0 Å². The number of nitrogens with one attached hydrogen (secondary N) is 1. The molecule has 1 aliphatic rings. The first kappa shape index (κ1) is 16.7. The average Bonchev–Trinajstić information content (AvgIpc) is 2.53. The van der Waals surface area contributed by atoms with Gasteiger partial charge in [-0.1, -0.05) is 0 Å². The van der Waals surface area contributed by atoms with Gasteiger partial charge < -0.3 is 9.47 Å². The molecule has 1 fully saturated rings. The second-order valence-corrected chi connectivity index (χ2v) is 6.76. The average molecular weight is 305 g/mol. The number of hydrogen-bond donors (Lipinski definition) is 1. The van der Waals surface area contributed by atoms with Crippen LogP contribution in [0.2, 0.25) is 0 Å². The predicted molar refractivity (Wildman–Crippen MR) is 62.0 cm³/mol. The fraction of sp³-hybridized carbons (Fsp3) is 1.00. The van der Waals surface area contributed by atoms with Gasteiger partial charge in [-0.3, -0.25) is 0 Å². The van der Waals surface area contributed by atoms with Gasteiger partial charge in [-0.15, -0.1) is 0 Å². The van der Waals surface area contributed by atoms with Gasteiger partial charge in [0.2, 0.25) is 10.0 Å². The maximum Gasteiger partial charge on any atom is 0.389 e. The van der Waals surface area contributed by atoms with Gasteiger partial charge in [0.25, 0.3) is 0 Å². The van der Waals surface area contributed by atoms with Crippen LogP contribution in [0.1, 0.15) is 26.7 Å². The zero-order chi connectivity index (χ0) is 14.7. The highest BCUT2D eigenvalue weighted by molar-refractivity contribution is 7.89. The van der Waals surface area contributed by atoms with Crippen molar-refractivity contribution in [1.82, 2.24) is 4.72 Å². The van der Waals surface area contributed by atoms with Crippen molar-refractivity contribution in [2.45, 2.75) is 44.8 Å². The van der Waals surface area contributed by atoms with Gasteiger partial charge in [-0.25, -0.2) is 13.1 Å². The number of rotatable bonds is 6. The van der Waals surface area contributed by atoms with Crippen molar-refractivity contribution < 1.29 is 31.1 Å². The molecule has 0 bridgehead atoms. The van der Waals surface area contributed by atoms with Crippen LogP contribution in [0.3, 0.4) is 0 Å². The van der Waals surface area contributed by atoms with Gasteiger partial charge in [-0.05, 0) is 20.3 Å². The highest BCUT2D eigenvalue weighted by Gasteiger charge is 2.33. The van der Waals surface area contributed by atoms with E-state index in [2.05, 4.69) is 4.72 Å². The lowest BCUT2D eigenvalue weighted by molar-refractivity contribution is -0.137. The minimum atomic E-state index is -4.33. The van der Waals surface area contributed by atoms with Crippen molar-refractivity contribution in [3.05, 3.63) is 0 Å². The minimum Gasteiger partial charge on any atom is -0.348 e. The molecule has 1 N–H and O–H groups in total. The summed E-state index contributed by atoms with van der Waals surface area (Å²) in [5, 5.41) is 0. The van der Waals surface area contributed by atoms with Crippen molar-refractivity contribution >= 4 is 10.0 Å². The quantitative estimate of drug-likeness (QED) is 0.805. The third-order valence-electron chi connectivity index (χ3n) is 2.47. The standard InChI is InChI=1S/C10H18F3NO4S/c1-9(2)17-7-8(18-9)6-14-19(15,16)5-3-4-10(11,12)13/h8,14H,3-7H2,1-2H3. The van der Waals surface area contributed by atoms with Crippen molar-refractivity contribution in [2.75, 3.05) is 18.9 Å². The van der Waals surface area contributed by atoms with Gasteiger partial charge >= 0.3 is 6.18 Å². The van der Waals surface area contributed by atoms with Crippen molar-refractivity contribution in [1.29, 1.82) is 0 Å². The molecule has 1 heterocycles. The molecule has 0 saturated carbocycles. The zero-order valence-corrected chi connectivity index (χ0v) is 11.6. The summed E-state index contributed by atoms with van der Waals surface area (Å²) in [5.74, 6) is -1.31. The molecule has 0 aromatic rings. The molecular weight excluding hydrogens is 287 g/mol. The summed E-state index contributed by atoms with van der Waals surface area (Å²) < 4.78 is 71.4. The number of alkyl halides is 3. The van der Waals surface area contributed by atoms with Crippen LogP contribution < -0.4 is 4.72 Å². The van der Waals surface area contributed by atoms with E-state index in [4.69, 9.17) is 9.47 Å². The third kappa shape index (κ3) is 7.09. The highest BCUT2D eigenvalue weighted by atomic mass is 32.2. The Bertz CT molecular complexity index is 394. The topological polar surface area (TPSA) is 64.6 Å². The summed E-state index contributed by atoms with van der Waals surface area (Å²) in [6.45, 7) is 3.64. The summed E-state index contributed by atoms with van der Waals surface area (Å²) in [5.41, 5.74) is 0. The third-order valence-corrected chi connectivity index (χ3v) is 3.90. The van der Waals surface area contributed by atoms with Crippen molar-refractivity contribution in [3.63, 3.8) is 0 Å². The van der Waals surface area contributed by atoms with Crippen molar-refractivity contribution in [3.8, 4) is 0 Å². The first-order valence-corrected chi connectivity index (χ1v) is 7.50. The van der Waals surface area contributed by atoms with Gasteiger partial charge in [-0.2, -0.15) is 13.2 Å². The zero-order valence-electron chi connectivity index (χ0n) is 10.8. The lowest BCUT2D eigenvalue weighted by atomic mass is 10.3. The summed E-state index contributed by atoms with van der Waals surface area (Å²) in [4.78, 5) is 0. The Kier molecular flexibility index (Phi) is 5.21. The lowest BCUT2D eigenvalue weighted by Crippen LogP contribution is -2.35. The Balaban J connectivity index is 2.28. The largest absolute Gasteiger partial charge is 0.389 e. The van der Waals surface area contributed by atoms with E-state index in [1.54, 1.807) is 13.8 Å². The number of ether oxygens (including phenoxy) is 2. The van der Waals surface area contributed by atoms with Gasteiger partial charge in [0.15, 0.2) is 5.79 Å². The molecule has 114 valence electrons. The molecule has 0 aromatic heterocycles. The minimum absolute atomic E-state index is 0.00220. The molecule has 19 heavy (non-hydrogen) atoms. The van der Waals surface area contributed by atoms with Crippen molar-refractivity contribution in [2.24, 2.45) is 0 Å². The SMILES string of the molecule is CC1(C)OCC(CNS(=O)(=O)CCCC(F)(F)F)O1. The van der Waals surface area contributed by atoms with E-state index < -0.39 is 46.7 Å². The van der Waals surface area contributed by atoms with E-state index in [1.807, 2.05) is 0 Å². The molecule has 1 atom stereocenters. The molecule has 0 radical (unpaired) electrons.